The molecule has 3 heteroatoms. The van der Waals surface area contributed by atoms with E-state index in [0.29, 0.717) is 5.92 Å². The lowest BCUT2D eigenvalue weighted by Gasteiger charge is -2.09. The molecule has 19 heavy (non-hydrogen) atoms. The van der Waals surface area contributed by atoms with Gasteiger partial charge in [0.15, 0.2) is 0 Å². The first-order valence-corrected chi connectivity index (χ1v) is 6.79. The molecule has 0 bridgehead atoms. The fourth-order valence-electron chi connectivity index (χ4n) is 2.40. The normalized spacial score (nSPS) is 11.3. The van der Waals surface area contributed by atoms with Crippen LogP contribution in [0.3, 0.4) is 0 Å². The van der Waals surface area contributed by atoms with Gasteiger partial charge in [0.05, 0.1) is 5.69 Å². The van der Waals surface area contributed by atoms with E-state index in [2.05, 4.69) is 51.0 Å². The average Bonchev–Trinajstić information content (AvgIpc) is 2.60. The van der Waals surface area contributed by atoms with Crippen LogP contribution in [0.25, 0.3) is 11.3 Å². The Labute approximate surface area is 115 Å². The van der Waals surface area contributed by atoms with E-state index in [4.69, 9.17) is 5.73 Å². The Bertz CT molecular complexity index is 594. The van der Waals surface area contributed by atoms with Crippen molar-refractivity contribution in [2.24, 2.45) is 13.0 Å². The SMILES string of the molecule is Cc1ccc(C)c(-c2nn(C)c(N)c2CC(C)C)c1. The van der Waals surface area contributed by atoms with Crippen molar-refractivity contribution < 1.29 is 0 Å². The summed E-state index contributed by atoms with van der Waals surface area (Å²) in [7, 11) is 1.91. The molecule has 0 saturated carbocycles. The minimum Gasteiger partial charge on any atom is -0.384 e. The number of hydrogen-bond acceptors (Lipinski definition) is 2. The van der Waals surface area contributed by atoms with E-state index in [1.807, 2.05) is 7.05 Å². The Morgan fingerprint density at radius 1 is 1.26 bits per heavy atom. The second-order valence-electron chi connectivity index (χ2n) is 5.75. The van der Waals surface area contributed by atoms with Crippen LogP contribution in [0.15, 0.2) is 18.2 Å². The van der Waals surface area contributed by atoms with Gasteiger partial charge in [-0.3, -0.25) is 4.68 Å². The molecular formula is C16H23N3. The van der Waals surface area contributed by atoms with Gasteiger partial charge in [-0.15, -0.1) is 0 Å². The second kappa shape index (κ2) is 5.08. The number of rotatable bonds is 3. The molecule has 0 fully saturated rings. The first kappa shape index (κ1) is 13.7. The maximum absolute atomic E-state index is 6.18. The number of aromatic nitrogens is 2. The summed E-state index contributed by atoms with van der Waals surface area (Å²) in [6, 6.07) is 6.48. The van der Waals surface area contributed by atoms with Gasteiger partial charge in [-0.25, -0.2) is 0 Å². The highest BCUT2D eigenvalue weighted by molar-refractivity contribution is 5.71. The number of nitrogen functional groups attached to an aromatic ring is 1. The third-order valence-corrected chi connectivity index (χ3v) is 3.45. The molecule has 2 N–H and O–H groups in total. The number of anilines is 1. The van der Waals surface area contributed by atoms with Crippen molar-refractivity contribution in [3.8, 4) is 11.3 Å². The molecule has 0 atom stereocenters. The predicted octanol–water partition coefficient (Wildman–Crippen LogP) is 3.48. The first-order chi connectivity index (χ1) is 8.90. The summed E-state index contributed by atoms with van der Waals surface area (Å²) in [6.07, 6.45) is 0.961. The third-order valence-electron chi connectivity index (χ3n) is 3.45. The van der Waals surface area contributed by atoms with E-state index >= 15 is 0 Å². The van der Waals surface area contributed by atoms with Gasteiger partial charge in [0.25, 0.3) is 0 Å². The van der Waals surface area contributed by atoms with Crippen LogP contribution < -0.4 is 5.73 Å². The van der Waals surface area contributed by atoms with E-state index in [9.17, 15) is 0 Å². The zero-order valence-electron chi connectivity index (χ0n) is 12.5. The van der Waals surface area contributed by atoms with Gasteiger partial charge in [-0.1, -0.05) is 31.5 Å². The van der Waals surface area contributed by atoms with Crippen molar-refractivity contribution in [1.29, 1.82) is 0 Å². The van der Waals surface area contributed by atoms with E-state index in [1.165, 1.54) is 22.3 Å². The number of benzene rings is 1. The lowest BCUT2D eigenvalue weighted by Crippen LogP contribution is -2.02. The van der Waals surface area contributed by atoms with Crippen LogP contribution in [-0.2, 0) is 13.5 Å². The molecule has 1 aromatic carbocycles. The number of nitrogens with two attached hydrogens (primary N) is 1. The Kier molecular flexibility index (Phi) is 3.65. The molecule has 2 aromatic rings. The molecule has 0 unspecified atom stereocenters. The minimum absolute atomic E-state index is 0.565. The van der Waals surface area contributed by atoms with Crippen molar-refractivity contribution in [3.63, 3.8) is 0 Å². The van der Waals surface area contributed by atoms with Crippen molar-refractivity contribution >= 4 is 5.82 Å². The van der Waals surface area contributed by atoms with Gasteiger partial charge in [0, 0.05) is 18.2 Å². The van der Waals surface area contributed by atoms with E-state index < -0.39 is 0 Å². The maximum Gasteiger partial charge on any atom is 0.125 e. The summed E-state index contributed by atoms with van der Waals surface area (Å²) < 4.78 is 1.79. The summed E-state index contributed by atoms with van der Waals surface area (Å²) in [4.78, 5) is 0. The topological polar surface area (TPSA) is 43.8 Å². The standard InChI is InChI=1S/C16H23N3/c1-10(2)8-14-15(18-19(5)16(14)17)13-9-11(3)6-7-12(13)4/h6-7,9-10H,8,17H2,1-5H3. The van der Waals surface area contributed by atoms with Crippen LogP contribution >= 0.6 is 0 Å². The van der Waals surface area contributed by atoms with Crippen molar-refractivity contribution in [2.45, 2.75) is 34.1 Å². The molecule has 0 aliphatic heterocycles. The zero-order chi connectivity index (χ0) is 14.2. The maximum atomic E-state index is 6.18. The van der Waals surface area contributed by atoms with Gasteiger partial charge in [-0.05, 0) is 37.8 Å². The van der Waals surface area contributed by atoms with Crippen molar-refractivity contribution in [1.82, 2.24) is 9.78 Å². The van der Waals surface area contributed by atoms with Crippen LogP contribution in [-0.4, -0.2) is 9.78 Å². The molecule has 3 nitrogen and oxygen atoms in total. The summed E-state index contributed by atoms with van der Waals surface area (Å²) in [5.74, 6) is 1.35. The molecule has 1 aromatic heterocycles. The van der Waals surface area contributed by atoms with Gasteiger partial charge in [0.2, 0.25) is 0 Å². The Balaban J connectivity index is 2.61. The van der Waals surface area contributed by atoms with Gasteiger partial charge in [0.1, 0.15) is 5.82 Å². The van der Waals surface area contributed by atoms with Crippen molar-refractivity contribution in [3.05, 3.63) is 34.9 Å². The van der Waals surface area contributed by atoms with Gasteiger partial charge < -0.3 is 5.73 Å². The molecular weight excluding hydrogens is 234 g/mol. The van der Waals surface area contributed by atoms with Crippen LogP contribution in [0.2, 0.25) is 0 Å². The largest absolute Gasteiger partial charge is 0.384 e. The highest BCUT2D eigenvalue weighted by Gasteiger charge is 2.17. The highest BCUT2D eigenvalue weighted by Crippen LogP contribution is 2.31. The number of aryl methyl sites for hydroxylation is 3. The summed E-state index contributed by atoms with van der Waals surface area (Å²) >= 11 is 0. The summed E-state index contributed by atoms with van der Waals surface area (Å²) in [5, 5.41) is 4.63. The van der Waals surface area contributed by atoms with Crippen LogP contribution in [0.1, 0.15) is 30.5 Å². The zero-order valence-corrected chi connectivity index (χ0v) is 12.5. The second-order valence-corrected chi connectivity index (χ2v) is 5.75. The molecule has 0 aliphatic carbocycles. The Morgan fingerprint density at radius 2 is 1.95 bits per heavy atom. The summed E-state index contributed by atoms with van der Waals surface area (Å²) in [5.41, 5.74) is 12.1. The van der Waals surface area contributed by atoms with Gasteiger partial charge in [-0.2, -0.15) is 5.10 Å². The smallest absolute Gasteiger partial charge is 0.125 e. The third kappa shape index (κ3) is 2.65. The number of hydrogen-bond donors (Lipinski definition) is 1. The summed E-state index contributed by atoms with van der Waals surface area (Å²) in [6.45, 7) is 8.65. The highest BCUT2D eigenvalue weighted by atomic mass is 15.3. The Hall–Kier alpha value is -1.77. The van der Waals surface area contributed by atoms with Gasteiger partial charge >= 0.3 is 0 Å². The first-order valence-electron chi connectivity index (χ1n) is 6.79. The molecule has 102 valence electrons. The lowest BCUT2D eigenvalue weighted by molar-refractivity contribution is 0.648. The molecule has 0 amide bonds. The Morgan fingerprint density at radius 3 is 2.58 bits per heavy atom. The molecule has 2 rings (SSSR count). The van der Waals surface area contributed by atoms with Crippen molar-refractivity contribution in [2.75, 3.05) is 5.73 Å². The lowest BCUT2D eigenvalue weighted by atomic mass is 9.96. The quantitative estimate of drug-likeness (QED) is 0.914. The van der Waals surface area contributed by atoms with E-state index in [1.54, 1.807) is 4.68 Å². The van der Waals surface area contributed by atoms with E-state index in [0.717, 1.165) is 17.9 Å². The average molecular weight is 257 g/mol. The monoisotopic (exact) mass is 257 g/mol. The molecule has 0 aliphatic rings. The fourth-order valence-corrected chi connectivity index (χ4v) is 2.40. The van der Waals surface area contributed by atoms with E-state index in [-0.39, 0.29) is 0 Å². The van der Waals surface area contributed by atoms with Crippen LogP contribution in [0.4, 0.5) is 5.82 Å². The van der Waals surface area contributed by atoms with Crippen LogP contribution in [0, 0.1) is 19.8 Å². The molecule has 0 saturated heterocycles. The minimum atomic E-state index is 0.565. The molecule has 1 heterocycles. The molecule has 0 radical (unpaired) electrons. The van der Waals surface area contributed by atoms with Crippen LogP contribution in [0.5, 0.6) is 0 Å². The molecule has 0 spiro atoms. The number of nitrogens with zero attached hydrogens (tertiary/aromatic N) is 2. The fraction of sp³-hybridized carbons (Fsp3) is 0.438. The predicted molar refractivity (Wildman–Crippen MR) is 81.1 cm³/mol.